The predicted octanol–water partition coefficient (Wildman–Crippen LogP) is 3.05. The van der Waals surface area contributed by atoms with Gasteiger partial charge in [0.05, 0.1) is 10.4 Å². The monoisotopic (exact) mass is 500 g/mol. The van der Waals surface area contributed by atoms with Gasteiger partial charge < -0.3 is 15.7 Å². The molecule has 1 amide bonds. The van der Waals surface area contributed by atoms with Crippen molar-refractivity contribution < 1.29 is 23.1 Å². The summed E-state index contributed by atoms with van der Waals surface area (Å²) in [6, 6.07) is 15.1. The summed E-state index contributed by atoms with van der Waals surface area (Å²) in [6.07, 6.45) is 1.50. The number of thiazole rings is 1. The maximum absolute atomic E-state index is 12.8. The maximum atomic E-state index is 12.8. The minimum absolute atomic E-state index is 0.0300. The Morgan fingerprint density at radius 3 is 2.35 bits per heavy atom. The Labute approximate surface area is 201 Å². The summed E-state index contributed by atoms with van der Waals surface area (Å²) in [5.74, 6) is -1.20. The summed E-state index contributed by atoms with van der Waals surface area (Å²) in [7, 11) is -3.95. The number of carboxylic acid groups (broad SMARTS) is 1. The quantitative estimate of drug-likeness (QED) is 0.452. The number of carbonyl (C=O) groups is 2. The van der Waals surface area contributed by atoms with E-state index in [1.807, 2.05) is 30.3 Å². The summed E-state index contributed by atoms with van der Waals surface area (Å²) in [5, 5.41) is 9.08. The van der Waals surface area contributed by atoms with Crippen molar-refractivity contribution in [1.82, 2.24) is 9.88 Å². The Morgan fingerprint density at radius 2 is 1.74 bits per heavy atom. The van der Waals surface area contributed by atoms with Crippen LogP contribution >= 0.6 is 11.3 Å². The Bertz CT molecular complexity index is 1270. The molecule has 1 aromatic heterocycles. The molecule has 1 fully saturated rings. The topological polar surface area (TPSA) is 143 Å². The number of benzene rings is 2. The Hall–Kier alpha value is -3.28. The first-order valence-corrected chi connectivity index (χ1v) is 13.0. The van der Waals surface area contributed by atoms with Crippen LogP contribution in [-0.2, 0) is 14.8 Å². The first kappa shape index (κ1) is 23.9. The van der Waals surface area contributed by atoms with E-state index >= 15 is 0 Å². The first-order valence-electron chi connectivity index (χ1n) is 10.6. The molecule has 9 nitrogen and oxygen atoms in total. The summed E-state index contributed by atoms with van der Waals surface area (Å²) in [5.41, 5.74) is 8.87. The molecule has 2 aromatic carbocycles. The molecular weight excluding hydrogens is 476 g/mol. The zero-order valence-corrected chi connectivity index (χ0v) is 19.8. The smallest absolute Gasteiger partial charge is 0.357 e. The highest BCUT2D eigenvalue weighted by Crippen LogP contribution is 2.30. The van der Waals surface area contributed by atoms with Crippen molar-refractivity contribution in [2.75, 3.05) is 17.8 Å². The van der Waals surface area contributed by atoms with Gasteiger partial charge in [0, 0.05) is 13.1 Å². The van der Waals surface area contributed by atoms with Crippen molar-refractivity contribution in [3.63, 3.8) is 0 Å². The second-order valence-electron chi connectivity index (χ2n) is 8.00. The van der Waals surface area contributed by atoms with Crippen LogP contribution in [0.25, 0.3) is 0 Å². The Morgan fingerprint density at radius 1 is 1.09 bits per heavy atom. The fourth-order valence-electron chi connectivity index (χ4n) is 4.00. The minimum Gasteiger partial charge on any atom is -0.476 e. The van der Waals surface area contributed by atoms with Gasteiger partial charge >= 0.3 is 5.97 Å². The van der Waals surface area contributed by atoms with E-state index in [0.29, 0.717) is 13.1 Å². The van der Waals surface area contributed by atoms with Gasteiger partial charge in [-0.05, 0) is 42.0 Å². The number of likely N-dealkylation sites (tertiary alicyclic amines) is 1. The number of anilines is 1. The van der Waals surface area contributed by atoms with E-state index in [4.69, 9.17) is 10.8 Å². The molecule has 1 aliphatic rings. The lowest BCUT2D eigenvalue weighted by Crippen LogP contribution is -2.42. The number of hydrogen-bond acceptors (Lipinski definition) is 7. The van der Waals surface area contributed by atoms with Gasteiger partial charge in [0.15, 0.2) is 5.69 Å². The van der Waals surface area contributed by atoms with Crippen LogP contribution in [0.4, 0.5) is 5.00 Å². The molecule has 4 rings (SSSR count). The van der Waals surface area contributed by atoms with Crippen molar-refractivity contribution in [3.8, 4) is 0 Å². The van der Waals surface area contributed by atoms with Crippen LogP contribution in [0.5, 0.6) is 0 Å². The van der Waals surface area contributed by atoms with Gasteiger partial charge in [-0.2, -0.15) is 0 Å². The van der Waals surface area contributed by atoms with Crippen LogP contribution < -0.4 is 10.5 Å². The van der Waals surface area contributed by atoms with E-state index in [1.54, 1.807) is 17.0 Å². The third kappa shape index (κ3) is 5.11. The fraction of sp³-hybridized carbons (Fsp3) is 0.261. The Kier molecular flexibility index (Phi) is 6.96. The van der Waals surface area contributed by atoms with E-state index in [0.717, 1.165) is 35.3 Å². The van der Waals surface area contributed by atoms with Gasteiger partial charge in [-0.3, -0.25) is 9.52 Å². The second kappa shape index (κ2) is 9.92. The van der Waals surface area contributed by atoms with Crippen LogP contribution in [0.2, 0.25) is 0 Å². The molecule has 11 heteroatoms. The molecule has 0 saturated carbocycles. The summed E-state index contributed by atoms with van der Waals surface area (Å²) in [4.78, 5) is 29.4. The highest BCUT2D eigenvalue weighted by atomic mass is 32.2. The predicted molar refractivity (Wildman–Crippen MR) is 128 cm³/mol. The zero-order valence-electron chi connectivity index (χ0n) is 18.1. The minimum atomic E-state index is -3.95. The molecule has 178 valence electrons. The standard InChI is InChI=1S/C23H24N4O5S2/c24-19(17-4-2-1-3-5-17)22(28)27-12-10-16(11-13-27)15-6-8-18(9-7-15)34(31,32)26-21-20(23(29)30)25-14-33-21/h1-9,14,16,19,26H,10-13,24H2,(H,29,30)/t19-/m1/s1. The summed E-state index contributed by atoms with van der Waals surface area (Å²) in [6.45, 7) is 1.16. The van der Waals surface area contributed by atoms with E-state index in [2.05, 4.69) is 9.71 Å². The lowest BCUT2D eigenvalue weighted by atomic mass is 9.89. The third-order valence-electron chi connectivity index (χ3n) is 5.89. The van der Waals surface area contributed by atoms with Crippen molar-refractivity contribution in [1.29, 1.82) is 0 Å². The molecule has 34 heavy (non-hydrogen) atoms. The maximum Gasteiger partial charge on any atom is 0.357 e. The van der Waals surface area contributed by atoms with Crippen LogP contribution in [0.15, 0.2) is 65.0 Å². The van der Waals surface area contributed by atoms with E-state index in [9.17, 15) is 18.0 Å². The number of nitrogens with one attached hydrogen (secondary N) is 1. The highest BCUT2D eigenvalue weighted by molar-refractivity contribution is 7.93. The molecule has 4 N–H and O–H groups in total. The zero-order chi connectivity index (χ0) is 24.3. The third-order valence-corrected chi connectivity index (χ3v) is 8.13. The Balaban J connectivity index is 1.38. The molecule has 1 aliphatic heterocycles. The highest BCUT2D eigenvalue weighted by Gasteiger charge is 2.28. The number of nitrogens with zero attached hydrogens (tertiary/aromatic N) is 2. The molecule has 0 bridgehead atoms. The van der Waals surface area contributed by atoms with Crippen LogP contribution in [0.3, 0.4) is 0 Å². The molecule has 3 aromatic rings. The number of carboxylic acids is 1. The molecule has 1 atom stereocenters. The van der Waals surface area contributed by atoms with E-state index in [-0.39, 0.29) is 27.4 Å². The number of carbonyl (C=O) groups excluding carboxylic acids is 1. The van der Waals surface area contributed by atoms with Gasteiger partial charge in [-0.15, -0.1) is 11.3 Å². The van der Waals surface area contributed by atoms with Crippen LogP contribution in [-0.4, -0.2) is 48.4 Å². The summed E-state index contributed by atoms with van der Waals surface area (Å²) >= 11 is 0.905. The van der Waals surface area contributed by atoms with Gasteiger partial charge in [0.25, 0.3) is 10.0 Å². The number of aromatic nitrogens is 1. The van der Waals surface area contributed by atoms with Crippen LogP contribution in [0.1, 0.15) is 46.4 Å². The van der Waals surface area contributed by atoms with Gasteiger partial charge in [-0.25, -0.2) is 18.2 Å². The van der Waals surface area contributed by atoms with Gasteiger partial charge in [0.2, 0.25) is 5.91 Å². The number of rotatable bonds is 7. The molecule has 2 heterocycles. The number of aromatic carboxylic acids is 1. The lowest BCUT2D eigenvalue weighted by molar-refractivity contribution is -0.133. The number of amides is 1. The second-order valence-corrected chi connectivity index (χ2v) is 10.5. The molecule has 0 unspecified atom stereocenters. The van der Waals surface area contributed by atoms with Crippen molar-refractivity contribution >= 4 is 38.2 Å². The van der Waals surface area contributed by atoms with E-state index < -0.39 is 22.0 Å². The molecule has 1 saturated heterocycles. The van der Waals surface area contributed by atoms with Crippen molar-refractivity contribution in [2.24, 2.45) is 5.73 Å². The molecule has 0 spiro atoms. The normalized spacial score (nSPS) is 15.6. The average Bonchev–Trinajstić information content (AvgIpc) is 3.31. The molecule has 0 aliphatic carbocycles. The summed E-state index contributed by atoms with van der Waals surface area (Å²) < 4.78 is 27.7. The number of nitrogens with two attached hydrogens (primary N) is 1. The van der Waals surface area contributed by atoms with Gasteiger partial charge in [0.1, 0.15) is 11.0 Å². The number of sulfonamides is 1. The largest absolute Gasteiger partial charge is 0.476 e. The van der Waals surface area contributed by atoms with Crippen LogP contribution in [0, 0.1) is 0 Å². The lowest BCUT2D eigenvalue weighted by Gasteiger charge is -2.34. The van der Waals surface area contributed by atoms with Gasteiger partial charge in [-0.1, -0.05) is 42.5 Å². The molecule has 0 radical (unpaired) electrons. The van der Waals surface area contributed by atoms with E-state index in [1.165, 1.54) is 17.6 Å². The van der Waals surface area contributed by atoms with Crippen molar-refractivity contribution in [2.45, 2.75) is 29.7 Å². The molecular formula is C23H24N4O5S2. The average molecular weight is 501 g/mol. The SMILES string of the molecule is N[C@@H](C(=O)N1CCC(c2ccc(S(=O)(=O)Nc3scnc3C(=O)O)cc2)CC1)c1ccccc1. The number of hydrogen-bond donors (Lipinski definition) is 3. The first-order chi connectivity index (χ1) is 16.3. The number of piperidine rings is 1. The van der Waals surface area contributed by atoms with Crippen molar-refractivity contribution in [3.05, 3.63) is 76.9 Å². The fourth-order valence-corrected chi connectivity index (χ4v) is 5.99.